The summed E-state index contributed by atoms with van der Waals surface area (Å²) in [6, 6.07) is 0. The van der Waals surface area contributed by atoms with E-state index in [0.717, 1.165) is 25.9 Å². The van der Waals surface area contributed by atoms with Crippen molar-refractivity contribution in [3.8, 4) is 0 Å². The highest BCUT2D eigenvalue weighted by molar-refractivity contribution is 5.69. The molecule has 0 aromatic heterocycles. The van der Waals surface area contributed by atoms with Gasteiger partial charge in [0.15, 0.2) is 0 Å². The minimum absolute atomic E-state index is 0.115. The Hall–Kier alpha value is -0.570. The average Bonchev–Trinajstić information content (AvgIpc) is 2.19. The minimum atomic E-state index is -0.115. The van der Waals surface area contributed by atoms with Crippen LogP contribution in [0.2, 0.25) is 0 Å². The maximum atomic E-state index is 11.1. The number of esters is 1. The largest absolute Gasteiger partial charge is 0.469 e. The summed E-state index contributed by atoms with van der Waals surface area (Å²) in [5.41, 5.74) is 0.300. The third-order valence-electron chi connectivity index (χ3n) is 2.62. The Morgan fingerprint density at radius 3 is 2.25 bits per heavy atom. The number of hydrogen-bond donors (Lipinski definition) is 0. The SMILES string of the molecule is COCC[C@@H](CCC(=O)OC)CC(C)(C)C. The molecule has 0 rings (SSSR count). The van der Waals surface area contributed by atoms with Crippen LogP contribution in [0.25, 0.3) is 0 Å². The lowest BCUT2D eigenvalue weighted by Gasteiger charge is -2.25. The maximum absolute atomic E-state index is 11.1. The molecule has 3 nitrogen and oxygen atoms in total. The van der Waals surface area contributed by atoms with Gasteiger partial charge in [-0.05, 0) is 30.6 Å². The molecule has 96 valence electrons. The van der Waals surface area contributed by atoms with E-state index in [1.807, 2.05) is 0 Å². The molecule has 0 aliphatic heterocycles. The van der Waals surface area contributed by atoms with Crippen LogP contribution < -0.4 is 0 Å². The molecule has 3 heteroatoms. The molecular formula is C13H26O3. The lowest BCUT2D eigenvalue weighted by Crippen LogP contribution is -2.16. The van der Waals surface area contributed by atoms with E-state index < -0.39 is 0 Å². The molecule has 0 aliphatic carbocycles. The summed E-state index contributed by atoms with van der Waals surface area (Å²) >= 11 is 0. The molecule has 0 N–H and O–H groups in total. The van der Waals surface area contributed by atoms with E-state index >= 15 is 0 Å². The molecule has 1 atom stereocenters. The number of ether oxygens (including phenoxy) is 2. The van der Waals surface area contributed by atoms with Crippen LogP contribution in [0.1, 0.15) is 46.5 Å². The molecule has 0 unspecified atom stereocenters. The van der Waals surface area contributed by atoms with Crippen LogP contribution in [0.15, 0.2) is 0 Å². The van der Waals surface area contributed by atoms with Crippen LogP contribution in [0, 0.1) is 11.3 Å². The molecule has 0 aromatic rings. The van der Waals surface area contributed by atoms with Crippen molar-refractivity contribution in [3.63, 3.8) is 0 Å². The van der Waals surface area contributed by atoms with Gasteiger partial charge in [0.1, 0.15) is 0 Å². The van der Waals surface area contributed by atoms with E-state index in [-0.39, 0.29) is 5.97 Å². The quantitative estimate of drug-likeness (QED) is 0.631. The van der Waals surface area contributed by atoms with Crippen LogP contribution in [0.4, 0.5) is 0 Å². The zero-order valence-corrected chi connectivity index (χ0v) is 11.3. The first-order valence-electron chi connectivity index (χ1n) is 5.95. The molecule has 0 spiro atoms. The van der Waals surface area contributed by atoms with Gasteiger partial charge in [-0.15, -0.1) is 0 Å². The standard InChI is InChI=1S/C13H26O3/c1-13(2,3)10-11(8-9-15-4)6-7-12(14)16-5/h11H,6-10H2,1-5H3/t11-/m1/s1. The van der Waals surface area contributed by atoms with Gasteiger partial charge in [0.2, 0.25) is 0 Å². The minimum Gasteiger partial charge on any atom is -0.469 e. The Kier molecular flexibility index (Phi) is 7.39. The molecule has 0 bridgehead atoms. The summed E-state index contributed by atoms with van der Waals surface area (Å²) in [4.78, 5) is 11.1. The normalized spacial score (nSPS) is 13.6. The Balaban J connectivity index is 4.04. The van der Waals surface area contributed by atoms with E-state index in [1.165, 1.54) is 7.11 Å². The molecular weight excluding hydrogens is 204 g/mol. The lowest BCUT2D eigenvalue weighted by molar-refractivity contribution is -0.141. The molecule has 0 heterocycles. The molecule has 0 aromatic carbocycles. The average molecular weight is 230 g/mol. The zero-order chi connectivity index (χ0) is 12.6. The van der Waals surface area contributed by atoms with Crippen molar-refractivity contribution in [1.82, 2.24) is 0 Å². The number of carbonyl (C=O) groups is 1. The highest BCUT2D eigenvalue weighted by Gasteiger charge is 2.19. The fraction of sp³-hybridized carbons (Fsp3) is 0.923. The summed E-state index contributed by atoms with van der Waals surface area (Å²) in [5, 5.41) is 0. The Bertz CT molecular complexity index is 194. The number of hydrogen-bond acceptors (Lipinski definition) is 3. The van der Waals surface area contributed by atoms with Crippen molar-refractivity contribution in [2.75, 3.05) is 20.8 Å². The molecule has 0 fully saturated rings. The predicted octanol–water partition coefficient (Wildman–Crippen LogP) is 3.03. The Morgan fingerprint density at radius 1 is 1.19 bits per heavy atom. The second-order valence-corrected chi connectivity index (χ2v) is 5.53. The maximum Gasteiger partial charge on any atom is 0.305 e. The summed E-state index contributed by atoms with van der Waals surface area (Å²) in [5.74, 6) is 0.426. The fourth-order valence-corrected chi connectivity index (χ4v) is 1.92. The smallest absolute Gasteiger partial charge is 0.305 e. The van der Waals surface area contributed by atoms with Crippen molar-refractivity contribution >= 4 is 5.97 Å². The summed E-state index contributed by atoms with van der Waals surface area (Å²) in [6.07, 6.45) is 3.55. The summed E-state index contributed by atoms with van der Waals surface area (Å²) < 4.78 is 9.77. The second kappa shape index (κ2) is 7.66. The molecule has 0 radical (unpaired) electrons. The van der Waals surface area contributed by atoms with Gasteiger partial charge in [-0.1, -0.05) is 20.8 Å². The molecule has 0 amide bonds. The lowest BCUT2D eigenvalue weighted by atomic mass is 9.81. The molecule has 16 heavy (non-hydrogen) atoms. The topological polar surface area (TPSA) is 35.5 Å². The number of carbonyl (C=O) groups excluding carboxylic acids is 1. The first-order valence-corrected chi connectivity index (χ1v) is 5.95. The second-order valence-electron chi connectivity index (χ2n) is 5.53. The monoisotopic (exact) mass is 230 g/mol. The van der Waals surface area contributed by atoms with Crippen LogP contribution in [0.3, 0.4) is 0 Å². The van der Waals surface area contributed by atoms with Crippen LogP contribution in [-0.4, -0.2) is 26.8 Å². The van der Waals surface area contributed by atoms with Gasteiger partial charge in [0.05, 0.1) is 7.11 Å². The van der Waals surface area contributed by atoms with Gasteiger partial charge in [-0.3, -0.25) is 4.79 Å². The fourth-order valence-electron chi connectivity index (χ4n) is 1.92. The number of rotatable bonds is 7. The van der Waals surface area contributed by atoms with E-state index in [0.29, 0.717) is 17.8 Å². The van der Waals surface area contributed by atoms with Gasteiger partial charge in [-0.25, -0.2) is 0 Å². The van der Waals surface area contributed by atoms with Crippen molar-refractivity contribution in [2.45, 2.75) is 46.5 Å². The zero-order valence-electron chi connectivity index (χ0n) is 11.3. The van der Waals surface area contributed by atoms with Crippen LogP contribution >= 0.6 is 0 Å². The first-order chi connectivity index (χ1) is 7.39. The predicted molar refractivity (Wildman–Crippen MR) is 65.3 cm³/mol. The van der Waals surface area contributed by atoms with Gasteiger partial charge >= 0.3 is 5.97 Å². The van der Waals surface area contributed by atoms with Crippen molar-refractivity contribution < 1.29 is 14.3 Å². The van der Waals surface area contributed by atoms with E-state index in [9.17, 15) is 4.79 Å². The molecule has 0 saturated heterocycles. The third kappa shape index (κ3) is 8.72. The Labute approximate surface area is 99.5 Å². The van der Waals surface area contributed by atoms with Crippen molar-refractivity contribution in [1.29, 1.82) is 0 Å². The highest BCUT2D eigenvalue weighted by Crippen LogP contribution is 2.29. The van der Waals surface area contributed by atoms with E-state index in [4.69, 9.17) is 4.74 Å². The van der Waals surface area contributed by atoms with E-state index in [2.05, 4.69) is 25.5 Å². The van der Waals surface area contributed by atoms with Crippen LogP contribution in [0.5, 0.6) is 0 Å². The Morgan fingerprint density at radius 2 is 1.81 bits per heavy atom. The van der Waals surface area contributed by atoms with Crippen molar-refractivity contribution in [2.24, 2.45) is 11.3 Å². The van der Waals surface area contributed by atoms with Crippen molar-refractivity contribution in [3.05, 3.63) is 0 Å². The van der Waals surface area contributed by atoms with Gasteiger partial charge in [-0.2, -0.15) is 0 Å². The first kappa shape index (κ1) is 15.4. The van der Waals surface area contributed by atoms with Gasteiger partial charge < -0.3 is 9.47 Å². The number of methoxy groups -OCH3 is 2. The highest BCUT2D eigenvalue weighted by atomic mass is 16.5. The third-order valence-corrected chi connectivity index (χ3v) is 2.62. The van der Waals surface area contributed by atoms with Crippen LogP contribution in [-0.2, 0) is 14.3 Å². The summed E-state index contributed by atoms with van der Waals surface area (Å²) in [6.45, 7) is 7.45. The van der Waals surface area contributed by atoms with Gasteiger partial charge in [0.25, 0.3) is 0 Å². The van der Waals surface area contributed by atoms with Gasteiger partial charge in [0, 0.05) is 20.1 Å². The summed E-state index contributed by atoms with van der Waals surface area (Å²) in [7, 11) is 3.16. The molecule has 0 aliphatic rings. The van der Waals surface area contributed by atoms with E-state index in [1.54, 1.807) is 7.11 Å². The molecule has 0 saturated carbocycles.